The minimum atomic E-state index is 0.667. The van der Waals surface area contributed by atoms with Gasteiger partial charge in [0.15, 0.2) is 0 Å². The Labute approximate surface area is 55.3 Å². The van der Waals surface area contributed by atoms with Gasteiger partial charge in [0.2, 0.25) is 0 Å². The molecule has 0 saturated heterocycles. The van der Waals surface area contributed by atoms with Crippen LogP contribution < -0.4 is 4.74 Å². The highest BCUT2D eigenvalue weighted by Crippen LogP contribution is 2.07. The molecule has 2 radical (unpaired) electrons. The smallest absolute Gasteiger partial charge is 0.134 e. The number of benzene rings is 1. The van der Waals surface area contributed by atoms with Crippen molar-refractivity contribution in [2.75, 3.05) is 7.11 Å². The summed E-state index contributed by atoms with van der Waals surface area (Å²) in [6, 6.07) is 9.56. The highest BCUT2D eigenvalue weighted by atomic mass is 16.5. The summed E-state index contributed by atoms with van der Waals surface area (Å²) in [6.07, 6.45) is 0. The molecule has 0 heterocycles. The Bertz CT molecular complexity index is 176. The molecule has 1 rings (SSSR count). The van der Waals surface area contributed by atoms with Crippen molar-refractivity contribution < 1.29 is 4.74 Å². The van der Waals surface area contributed by atoms with E-state index < -0.39 is 0 Å². The molecule has 9 heavy (non-hydrogen) atoms. The van der Waals surface area contributed by atoms with Gasteiger partial charge < -0.3 is 4.74 Å². The van der Waals surface area contributed by atoms with Gasteiger partial charge in [-0.15, -0.1) is 0 Å². The zero-order valence-electron chi connectivity index (χ0n) is 5.56. The maximum atomic E-state index is 4.86. The molecular weight excluding hydrogens is 112 g/mol. The number of methoxy groups -OCH3 is 1. The van der Waals surface area contributed by atoms with Crippen molar-refractivity contribution >= 4 is 0 Å². The van der Waals surface area contributed by atoms with E-state index in [2.05, 4.69) is 12.1 Å². The third-order valence-corrected chi connectivity index (χ3v) is 1.07. The fraction of sp³-hybridized carbons (Fsp3) is 0.250. The lowest BCUT2D eigenvalue weighted by molar-refractivity contribution is 0.413. The molecule has 1 aromatic rings. The number of ether oxygens (including phenoxy) is 1. The Morgan fingerprint density at radius 2 is 1.89 bits per heavy atom. The highest BCUT2D eigenvalue weighted by Gasteiger charge is 1.87. The van der Waals surface area contributed by atoms with E-state index in [9.17, 15) is 0 Å². The van der Waals surface area contributed by atoms with Crippen LogP contribution in [-0.2, 0) is 0 Å². The van der Waals surface area contributed by atoms with Gasteiger partial charge in [-0.1, -0.05) is 0 Å². The minimum absolute atomic E-state index is 0.667. The van der Waals surface area contributed by atoms with Crippen molar-refractivity contribution in [1.29, 1.82) is 0 Å². The van der Waals surface area contributed by atoms with Crippen LogP contribution in [0.3, 0.4) is 0 Å². The lowest BCUT2D eigenvalue weighted by atomic mass is 10.2. The summed E-state index contributed by atoms with van der Waals surface area (Å²) in [4.78, 5) is 0. The van der Waals surface area contributed by atoms with Crippen molar-refractivity contribution in [3.63, 3.8) is 0 Å². The van der Waals surface area contributed by atoms with Crippen LogP contribution in [-0.4, -0.2) is 7.11 Å². The number of rotatable bonds is 1. The second kappa shape index (κ2) is 2.53. The summed E-state index contributed by atoms with van der Waals surface area (Å²) in [6.45, 7) is 1.99. The van der Waals surface area contributed by atoms with Gasteiger partial charge in [-0.2, -0.15) is 0 Å². The minimum Gasteiger partial charge on any atom is -0.495 e. The van der Waals surface area contributed by atoms with Crippen LogP contribution in [0.4, 0.5) is 0 Å². The van der Waals surface area contributed by atoms with Crippen LogP contribution in [0.25, 0.3) is 0 Å². The number of hydrogen-bond donors (Lipinski definition) is 0. The van der Waals surface area contributed by atoms with E-state index in [0.717, 1.165) is 5.56 Å². The van der Waals surface area contributed by atoms with Crippen molar-refractivity contribution in [1.82, 2.24) is 0 Å². The highest BCUT2D eigenvalue weighted by molar-refractivity contribution is 5.22. The maximum absolute atomic E-state index is 4.86. The fourth-order valence-corrected chi connectivity index (χ4v) is 0.560. The Hall–Kier alpha value is -0.980. The van der Waals surface area contributed by atoms with Crippen LogP contribution >= 0.6 is 0 Å². The van der Waals surface area contributed by atoms with E-state index in [0.29, 0.717) is 5.75 Å². The fourth-order valence-electron chi connectivity index (χ4n) is 0.560. The predicted octanol–water partition coefficient (Wildman–Crippen LogP) is 1.60. The third-order valence-electron chi connectivity index (χ3n) is 1.07. The Kier molecular flexibility index (Phi) is 1.73. The van der Waals surface area contributed by atoms with Gasteiger partial charge in [0.05, 0.1) is 7.11 Å². The van der Waals surface area contributed by atoms with E-state index in [1.54, 1.807) is 7.11 Å². The summed E-state index contributed by atoms with van der Waals surface area (Å²) in [5.74, 6) is 0.667. The monoisotopic (exact) mass is 120 g/mol. The summed E-state index contributed by atoms with van der Waals surface area (Å²) in [5, 5.41) is 0. The molecule has 0 N–H and O–H groups in total. The molecule has 0 aliphatic carbocycles. The predicted molar refractivity (Wildman–Crippen MR) is 35.4 cm³/mol. The van der Waals surface area contributed by atoms with E-state index in [1.165, 1.54) is 0 Å². The Morgan fingerprint density at radius 3 is 2.33 bits per heavy atom. The Balaban J connectivity index is 2.88. The van der Waals surface area contributed by atoms with Crippen molar-refractivity contribution in [2.24, 2.45) is 0 Å². The van der Waals surface area contributed by atoms with Gasteiger partial charge in [-0.05, 0) is 24.6 Å². The standard InChI is InChI=1S/C8H8O/c1-7-3-5-8(9-2)6-4-7/h3-4H,1-2H3. The zero-order valence-corrected chi connectivity index (χ0v) is 5.56. The molecule has 1 aromatic carbocycles. The Morgan fingerprint density at radius 1 is 1.33 bits per heavy atom. The SMILES string of the molecule is COc1[c]cc(C)c[c]1. The lowest BCUT2D eigenvalue weighted by Gasteiger charge is -1.95. The van der Waals surface area contributed by atoms with Gasteiger partial charge in [0, 0.05) is 12.1 Å². The molecule has 0 bridgehead atoms. The summed E-state index contributed by atoms with van der Waals surface area (Å²) >= 11 is 0. The first-order valence-electron chi connectivity index (χ1n) is 2.77. The first-order chi connectivity index (χ1) is 4.33. The average molecular weight is 120 g/mol. The van der Waals surface area contributed by atoms with Gasteiger partial charge >= 0.3 is 0 Å². The van der Waals surface area contributed by atoms with Gasteiger partial charge in [0.1, 0.15) is 5.75 Å². The largest absolute Gasteiger partial charge is 0.495 e. The topological polar surface area (TPSA) is 9.23 Å². The molecule has 0 aliphatic heterocycles. The molecule has 0 spiro atoms. The molecule has 1 heteroatoms. The van der Waals surface area contributed by atoms with Crippen molar-refractivity contribution in [2.45, 2.75) is 6.92 Å². The van der Waals surface area contributed by atoms with Crippen LogP contribution in [0.15, 0.2) is 12.1 Å². The third kappa shape index (κ3) is 1.46. The molecule has 0 fully saturated rings. The van der Waals surface area contributed by atoms with Crippen LogP contribution in [0.2, 0.25) is 0 Å². The summed E-state index contributed by atoms with van der Waals surface area (Å²) in [7, 11) is 1.61. The van der Waals surface area contributed by atoms with Gasteiger partial charge in [0.25, 0.3) is 0 Å². The molecule has 0 aromatic heterocycles. The normalized spacial score (nSPS) is 9.11. The van der Waals surface area contributed by atoms with Gasteiger partial charge in [-0.25, -0.2) is 0 Å². The summed E-state index contributed by atoms with van der Waals surface area (Å²) in [5.41, 5.74) is 1.15. The summed E-state index contributed by atoms with van der Waals surface area (Å²) < 4.78 is 4.86. The molecule has 0 unspecified atom stereocenters. The quantitative estimate of drug-likeness (QED) is 0.547. The van der Waals surface area contributed by atoms with E-state index >= 15 is 0 Å². The molecule has 1 nitrogen and oxygen atoms in total. The number of aryl methyl sites for hydroxylation is 1. The molecule has 0 aliphatic rings. The van der Waals surface area contributed by atoms with Crippen LogP contribution in [0.1, 0.15) is 5.56 Å². The molecule has 0 amide bonds. The zero-order chi connectivity index (χ0) is 6.69. The molecular formula is C8H8O. The van der Waals surface area contributed by atoms with E-state index in [-0.39, 0.29) is 0 Å². The van der Waals surface area contributed by atoms with E-state index in [4.69, 9.17) is 4.74 Å². The van der Waals surface area contributed by atoms with Crippen LogP contribution in [0, 0.1) is 19.1 Å². The van der Waals surface area contributed by atoms with Crippen LogP contribution in [0.5, 0.6) is 5.75 Å². The van der Waals surface area contributed by atoms with Crippen molar-refractivity contribution in [3.8, 4) is 5.75 Å². The average Bonchev–Trinajstić information content (AvgIpc) is 1.90. The second-order valence-electron chi connectivity index (χ2n) is 1.85. The lowest BCUT2D eigenvalue weighted by Crippen LogP contribution is -1.81. The van der Waals surface area contributed by atoms with E-state index in [1.807, 2.05) is 19.1 Å². The first kappa shape index (κ1) is 6.14. The van der Waals surface area contributed by atoms with Gasteiger partial charge in [-0.3, -0.25) is 0 Å². The molecule has 0 saturated carbocycles. The molecule has 46 valence electrons. The first-order valence-corrected chi connectivity index (χ1v) is 2.77. The second-order valence-corrected chi connectivity index (χ2v) is 1.85. The maximum Gasteiger partial charge on any atom is 0.134 e. The molecule has 0 atom stereocenters. The van der Waals surface area contributed by atoms with Crippen molar-refractivity contribution in [3.05, 3.63) is 29.8 Å². The number of hydrogen-bond acceptors (Lipinski definition) is 1.